The van der Waals surface area contributed by atoms with Gasteiger partial charge >= 0.3 is 0 Å². The van der Waals surface area contributed by atoms with Gasteiger partial charge in [-0.1, -0.05) is 30.3 Å². The second-order valence-corrected chi connectivity index (χ2v) is 6.22. The molecule has 2 aromatic carbocycles. The van der Waals surface area contributed by atoms with Crippen molar-refractivity contribution in [3.8, 4) is 11.8 Å². The molecule has 0 radical (unpaired) electrons. The number of fused-ring (bicyclic) bond motifs is 3. The van der Waals surface area contributed by atoms with Crippen molar-refractivity contribution in [3.05, 3.63) is 65.2 Å². The Bertz CT molecular complexity index is 720. The van der Waals surface area contributed by atoms with E-state index in [1.165, 1.54) is 11.1 Å². The average molecular weight is 290 g/mol. The highest BCUT2D eigenvalue weighted by Gasteiger charge is 2.38. The Morgan fingerprint density at radius 3 is 2.82 bits per heavy atom. The molecular formula is C19H18N2O. The van der Waals surface area contributed by atoms with Crippen molar-refractivity contribution in [3.63, 3.8) is 0 Å². The maximum atomic E-state index is 9.13. The highest BCUT2D eigenvalue weighted by Crippen LogP contribution is 2.42. The van der Waals surface area contributed by atoms with Crippen LogP contribution in [0.1, 0.15) is 22.6 Å². The maximum Gasteiger partial charge on any atom is 0.122 e. The molecule has 2 aliphatic rings. The van der Waals surface area contributed by atoms with Crippen LogP contribution < -0.4 is 4.74 Å². The second kappa shape index (κ2) is 5.47. The van der Waals surface area contributed by atoms with Crippen LogP contribution in [0, 0.1) is 17.2 Å². The van der Waals surface area contributed by atoms with E-state index >= 15 is 0 Å². The molecule has 1 saturated heterocycles. The van der Waals surface area contributed by atoms with Crippen LogP contribution in [0.3, 0.4) is 0 Å². The van der Waals surface area contributed by atoms with E-state index in [-0.39, 0.29) is 0 Å². The molecule has 0 N–H and O–H groups in total. The van der Waals surface area contributed by atoms with Gasteiger partial charge in [0.15, 0.2) is 0 Å². The number of ether oxygens (including phenoxy) is 1. The zero-order valence-corrected chi connectivity index (χ0v) is 12.4. The lowest BCUT2D eigenvalue weighted by Gasteiger charge is -2.27. The molecular weight excluding hydrogens is 272 g/mol. The van der Waals surface area contributed by atoms with Gasteiger partial charge in [-0.25, -0.2) is 0 Å². The van der Waals surface area contributed by atoms with Crippen molar-refractivity contribution in [1.29, 1.82) is 5.26 Å². The number of rotatable bonds is 2. The van der Waals surface area contributed by atoms with E-state index in [1.54, 1.807) is 0 Å². The highest BCUT2D eigenvalue weighted by molar-refractivity contribution is 5.46. The number of nitriles is 1. The summed E-state index contributed by atoms with van der Waals surface area (Å²) in [5.41, 5.74) is 3.29. The van der Waals surface area contributed by atoms with E-state index in [0.717, 1.165) is 37.6 Å². The molecule has 22 heavy (non-hydrogen) atoms. The Hall–Kier alpha value is -2.31. The Balaban J connectivity index is 1.56. The number of hydrogen-bond donors (Lipinski definition) is 0. The lowest BCUT2D eigenvalue weighted by molar-refractivity contribution is 0.212. The summed E-state index contributed by atoms with van der Waals surface area (Å²) in [6, 6.07) is 18.6. The van der Waals surface area contributed by atoms with Crippen LogP contribution in [0.4, 0.5) is 0 Å². The Morgan fingerprint density at radius 1 is 1.14 bits per heavy atom. The van der Waals surface area contributed by atoms with Crippen molar-refractivity contribution in [2.24, 2.45) is 5.92 Å². The van der Waals surface area contributed by atoms with E-state index in [1.807, 2.05) is 18.2 Å². The molecule has 2 heterocycles. The van der Waals surface area contributed by atoms with Crippen molar-refractivity contribution in [2.75, 3.05) is 19.7 Å². The first-order chi connectivity index (χ1) is 10.8. The van der Waals surface area contributed by atoms with Crippen LogP contribution in [-0.4, -0.2) is 24.6 Å². The molecule has 0 aliphatic carbocycles. The zero-order valence-electron chi connectivity index (χ0n) is 12.4. The summed E-state index contributed by atoms with van der Waals surface area (Å²) in [4.78, 5) is 2.50. The first-order valence-corrected chi connectivity index (χ1v) is 7.76. The van der Waals surface area contributed by atoms with Crippen molar-refractivity contribution in [1.82, 2.24) is 4.90 Å². The molecule has 0 spiro atoms. The molecule has 0 saturated carbocycles. The molecule has 0 unspecified atom stereocenters. The predicted octanol–water partition coefficient (Wildman–Crippen LogP) is 3.17. The Kier molecular flexibility index (Phi) is 3.32. The summed E-state index contributed by atoms with van der Waals surface area (Å²) in [5.74, 6) is 1.98. The minimum Gasteiger partial charge on any atom is -0.493 e. The van der Waals surface area contributed by atoms with Crippen molar-refractivity contribution < 1.29 is 4.74 Å². The number of benzene rings is 2. The van der Waals surface area contributed by atoms with Gasteiger partial charge in [-0.3, -0.25) is 4.90 Å². The topological polar surface area (TPSA) is 36.3 Å². The van der Waals surface area contributed by atoms with E-state index in [4.69, 9.17) is 10.00 Å². The lowest BCUT2D eigenvalue weighted by Crippen LogP contribution is -2.25. The van der Waals surface area contributed by atoms with Crippen LogP contribution in [0.25, 0.3) is 0 Å². The number of hydrogen-bond acceptors (Lipinski definition) is 3. The van der Waals surface area contributed by atoms with Crippen LogP contribution >= 0.6 is 0 Å². The molecule has 2 atom stereocenters. The first-order valence-electron chi connectivity index (χ1n) is 7.76. The zero-order chi connectivity index (χ0) is 14.9. The normalized spacial score (nSPS) is 23.2. The minimum atomic E-state index is 0.487. The van der Waals surface area contributed by atoms with Gasteiger partial charge in [-0.15, -0.1) is 0 Å². The third-order valence-electron chi connectivity index (χ3n) is 4.76. The second-order valence-electron chi connectivity index (χ2n) is 6.22. The SMILES string of the molecule is N#Cc1ccc2c(c1)[C@@H]1CN(Cc3ccccc3)C[C@H]1CO2. The van der Waals surface area contributed by atoms with E-state index in [0.29, 0.717) is 11.8 Å². The number of likely N-dealkylation sites (tertiary alicyclic amines) is 1. The third kappa shape index (κ3) is 2.36. The van der Waals surface area contributed by atoms with E-state index < -0.39 is 0 Å². The van der Waals surface area contributed by atoms with Gasteiger partial charge < -0.3 is 4.74 Å². The van der Waals surface area contributed by atoms with Crippen molar-refractivity contribution >= 4 is 0 Å². The summed E-state index contributed by atoms with van der Waals surface area (Å²) < 4.78 is 5.90. The summed E-state index contributed by atoms with van der Waals surface area (Å²) in [5, 5.41) is 9.13. The minimum absolute atomic E-state index is 0.487. The number of nitrogens with zero attached hydrogens (tertiary/aromatic N) is 2. The smallest absolute Gasteiger partial charge is 0.122 e. The molecule has 3 nitrogen and oxygen atoms in total. The summed E-state index contributed by atoms with van der Waals surface area (Å²) >= 11 is 0. The Morgan fingerprint density at radius 2 is 2.00 bits per heavy atom. The summed E-state index contributed by atoms with van der Waals surface area (Å²) in [6.07, 6.45) is 0. The van der Waals surface area contributed by atoms with Crippen LogP contribution in [-0.2, 0) is 6.54 Å². The Labute approximate surface area is 130 Å². The third-order valence-corrected chi connectivity index (χ3v) is 4.76. The quantitative estimate of drug-likeness (QED) is 0.852. The highest BCUT2D eigenvalue weighted by atomic mass is 16.5. The van der Waals surface area contributed by atoms with Gasteiger partial charge in [-0.05, 0) is 23.8 Å². The molecule has 4 rings (SSSR count). The van der Waals surface area contributed by atoms with Gasteiger partial charge in [-0.2, -0.15) is 5.26 Å². The molecule has 2 aromatic rings. The predicted molar refractivity (Wildman–Crippen MR) is 84.6 cm³/mol. The molecule has 3 heteroatoms. The fourth-order valence-corrected chi connectivity index (χ4v) is 3.69. The van der Waals surface area contributed by atoms with Gasteiger partial charge in [0, 0.05) is 37.0 Å². The van der Waals surface area contributed by atoms with E-state index in [2.05, 4.69) is 41.3 Å². The summed E-state index contributed by atoms with van der Waals surface area (Å²) in [6.45, 7) is 3.89. The molecule has 1 fully saturated rings. The standard InChI is InChI=1S/C19H18N2O/c20-9-15-6-7-19-17(8-15)18-12-21(11-16(18)13-22-19)10-14-4-2-1-3-5-14/h1-8,16,18H,10-13H2/t16-,18+/m0/s1. The maximum absolute atomic E-state index is 9.13. The van der Waals surface area contributed by atoms with Gasteiger partial charge in [0.1, 0.15) is 5.75 Å². The fourth-order valence-electron chi connectivity index (χ4n) is 3.69. The van der Waals surface area contributed by atoms with Gasteiger partial charge in [0.2, 0.25) is 0 Å². The van der Waals surface area contributed by atoms with E-state index in [9.17, 15) is 0 Å². The molecule has 110 valence electrons. The lowest BCUT2D eigenvalue weighted by atomic mass is 9.86. The van der Waals surface area contributed by atoms with Crippen molar-refractivity contribution in [2.45, 2.75) is 12.5 Å². The monoisotopic (exact) mass is 290 g/mol. The fraction of sp³-hybridized carbons (Fsp3) is 0.316. The van der Waals surface area contributed by atoms with Gasteiger partial charge in [0.05, 0.1) is 18.2 Å². The van der Waals surface area contributed by atoms with Gasteiger partial charge in [0.25, 0.3) is 0 Å². The largest absolute Gasteiger partial charge is 0.493 e. The van der Waals surface area contributed by atoms with Crippen LogP contribution in [0.2, 0.25) is 0 Å². The molecule has 0 aromatic heterocycles. The average Bonchev–Trinajstić information content (AvgIpc) is 2.98. The van der Waals surface area contributed by atoms with Crippen LogP contribution in [0.5, 0.6) is 5.75 Å². The molecule has 0 bridgehead atoms. The van der Waals surface area contributed by atoms with Crippen LogP contribution in [0.15, 0.2) is 48.5 Å². The first kappa shape index (κ1) is 13.4. The molecule has 0 amide bonds. The summed E-state index contributed by atoms with van der Waals surface area (Å²) in [7, 11) is 0. The molecule has 2 aliphatic heterocycles.